The summed E-state index contributed by atoms with van der Waals surface area (Å²) in [5, 5.41) is 0. The van der Waals surface area contributed by atoms with Gasteiger partial charge in [0.1, 0.15) is 5.82 Å². The van der Waals surface area contributed by atoms with E-state index in [1.807, 2.05) is 0 Å². The number of halogens is 4. The van der Waals surface area contributed by atoms with Gasteiger partial charge in [0.05, 0.1) is 5.56 Å². The lowest BCUT2D eigenvalue weighted by Crippen LogP contribution is -2.11. The summed E-state index contributed by atoms with van der Waals surface area (Å²) in [4.78, 5) is 0. The van der Waals surface area contributed by atoms with E-state index < -0.39 is 23.6 Å². The Bertz CT molecular complexity index is 330. The van der Waals surface area contributed by atoms with Gasteiger partial charge in [0.25, 0.3) is 0 Å². The largest absolute Gasteiger partial charge is 0.416 e. The average molecular weight is 207 g/mol. The highest BCUT2D eigenvalue weighted by Crippen LogP contribution is 2.31. The Morgan fingerprint density at radius 1 is 1.29 bits per heavy atom. The van der Waals surface area contributed by atoms with E-state index in [1.165, 1.54) is 6.92 Å². The van der Waals surface area contributed by atoms with Crippen LogP contribution >= 0.6 is 0 Å². The molecule has 0 aromatic heterocycles. The maximum Gasteiger partial charge on any atom is 0.416 e. The van der Waals surface area contributed by atoms with E-state index in [2.05, 4.69) is 0 Å². The molecule has 0 aliphatic carbocycles. The van der Waals surface area contributed by atoms with Crippen LogP contribution in [0.4, 0.5) is 17.6 Å². The zero-order chi connectivity index (χ0) is 10.9. The molecular formula is C9H9F4N. The van der Waals surface area contributed by atoms with Gasteiger partial charge in [0, 0.05) is 11.6 Å². The van der Waals surface area contributed by atoms with Gasteiger partial charge in [0.2, 0.25) is 0 Å². The van der Waals surface area contributed by atoms with Crippen molar-refractivity contribution in [2.24, 2.45) is 5.73 Å². The normalized spacial score (nSPS) is 14.1. The van der Waals surface area contributed by atoms with Gasteiger partial charge in [-0.2, -0.15) is 13.2 Å². The van der Waals surface area contributed by atoms with Crippen LogP contribution in [0.25, 0.3) is 0 Å². The van der Waals surface area contributed by atoms with Crippen molar-refractivity contribution in [3.63, 3.8) is 0 Å². The van der Waals surface area contributed by atoms with Gasteiger partial charge in [-0.25, -0.2) is 4.39 Å². The molecule has 1 rings (SSSR count). The molecule has 0 saturated heterocycles. The van der Waals surface area contributed by atoms with Gasteiger partial charge in [-0.1, -0.05) is 0 Å². The summed E-state index contributed by atoms with van der Waals surface area (Å²) < 4.78 is 49.6. The number of benzene rings is 1. The summed E-state index contributed by atoms with van der Waals surface area (Å²) in [7, 11) is 0. The fourth-order valence-corrected chi connectivity index (χ4v) is 1.07. The van der Waals surface area contributed by atoms with Crippen LogP contribution in [0.2, 0.25) is 0 Å². The maximum absolute atomic E-state index is 13.0. The minimum absolute atomic E-state index is 0.125. The number of nitrogens with two attached hydrogens (primary N) is 1. The quantitative estimate of drug-likeness (QED) is 0.704. The minimum Gasteiger partial charge on any atom is -0.324 e. The third kappa shape index (κ3) is 2.23. The van der Waals surface area contributed by atoms with Gasteiger partial charge in [-0.05, 0) is 25.1 Å². The van der Waals surface area contributed by atoms with E-state index in [9.17, 15) is 17.6 Å². The maximum atomic E-state index is 13.0. The van der Waals surface area contributed by atoms with Gasteiger partial charge in [0.15, 0.2) is 0 Å². The van der Waals surface area contributed by atoms with Crippen molar-refractivity contribution in [2.75, 3.05) is 0 Å². The number of rotatable bonds is 1. The molecule has 1 nitrogen and oxygen atoms in total. The average Bonchev–Trinajstić information content (AvgIpc) is 2.02. The molecule has 0 saturated carbocycles. The molecule has 1 atom stereocenters. The van der Waals surface area contributed by atoms with Crippen molar-refractivity contribution in [1.82, 2.24) is 0 Å². The van der Waals surface area contributed by atoms with Crippen molar-refractivity contribution in [2.45, 2.75) is 19.1 Å². The lowest BCUT2D eigenvalue weighted by Gasteiger charge is -2.11. The van der Waals surface area contributed by atoms with Crippen molar-refractivity contribution >= 4 is 0 Å². The first-order valence-corrected chi connectivity index (χ1v) is 3.94. The molecule has 14 heavy (non-hydrogen) atoms. The molecular weight excluding hydrogens is 198 g/mol. The molecule has 2 N–H and O–H groups in total. The monoisotopic (exact) mass is 207 g/mol. The van der Waals surface area contributed by atoms with Crippen molar-refractivity contribution < 1.29 is 17.6 Å². The van der Waals surface area contributed by atoms with Crippen LogP contribution in [0.1, 0.15) is 24.1 Å². The van der Waals surface area contributed by atoms with Crippen molar-refractivity contribution in [3.05, 3.63) is 35.1 Å². The Morgan fingerprint density at radius 3 is 2.29 bits per heavy atom. The summed E-state index contributed by atoms with van der Waals surface area (Å²) in [5.41, 5.74) is 4.31. The van der Waals surface area contributed by atoms with Crippen LogP contribution in [0.15, 0.2) is 18.2 Å². The first-order valence-electron chi connectivity index (χ1n) is 3.94. The molecule has 0 amide bonds. The van der Waals surface area contributed by atoms with E-state index in [1.54, 1.807) is 0 Å². The van der Waals surface area contributed by atoms with Crippen LogP contribution < -0.4 is 5.73 Å². The second-order valence-corrected chi connectivity index (χ2v) is 3.02. The van der Waals surface area contributed by atoms with Gasteiger partial charge < -0.3 is 5.73 Å². The van der Waals surface area contributed by atoms with Crippen molar-refractivity contribution in [1.29, 1.82) is 0 Å². The molecule has 0 aliphatic rings. The molecule has 0 spiro atoms. The first-order chi connectivity index (χ1) is 6.32. The molecule has 0 bridgehead atoms. The van der Waals surface area contributed by atoms with Crippen molar-refractivity contribution in [3.8, 4) is 0 Å². The Balaban J connectivity index is 3.20. The van der Waals surface area contributed by atoms with Crippen LogP contribution in [-0.2, 0) is 6.18 Å². The van der Waals surface area contributed by atoms with Gasteiger partial charge in [-0.3, -0.25) is 0 Å². The second kappa shape index (κ2) is 3.57. The molecule has 78 valence electrons. The first kappa shape index (κ1) is 11.0. The molecule has 0 unspecified atom stereocenters. The minimum atomic E-state index is -4.46. The fourth-order valence-electron chi connectivity index (χ4n) is 1.07. The molecule has 1 aromatic rings. The molecule has 1 aromatic carbocycles. The highest BCUT2D eigenvalue weighted by molar-refractivity contribution is 5.28. The third-order valence-corrected chi connectivity index (χ3v) is 1.81. The predicted molar refractivity (Wildman–Crippen MR) is 44.0 cm³/mol. The lowest BCUT2D eigenvalue weighted by atomic mass is 10.0. The SMILES string of the molecule is C[C@H](N)c1cc(C(F)(F)F)ccc1F. The summed E-state index contributed by atoms with van der Waals surface area (Å²) in [5.74, 6) is -0.715. The third-order valence-electron chi connectivity index (χ3n) is 1.81. The number of alkyl halides is 3. The molecule has 0 heterocycles. The lowest BCUT2D eigenvalue weighted by molar-refractivity contribution is -0.137. The van der Waals surface area contributed by atoms with E-state index in [-0.39, 0.29) is 5.56 Å². The summed E-state index contributed by atoms with van der Waals surface area (Å²) >= 11 is 0. The zero-order valence-corrected chi connectivity index (χ0v) is 7.40. The Labute approximate surface area is 78.5 Å². The Kier molecular flexibility index (Phi) is 2.80. The van der Waals surface area contributed by atoms with E-state index in [4.69, 9.17) is 5.73 Å². The van der Waals surface area contributed by atoms with E-state index in [0.717, 1.165) is 12.1 Å². The van der Waals surface area contributed by atoms with Crippen LogP contribution in [0, 0.1) is 5.82 Å². The zero-order valence-electron chi connectivity index (χ0n) is 7.40. The summed E-state index contributed by atoms with van der Waals surface area (Å²) in [6.45, 7) is 1.43. The molecule has 0 radical (unpaired) electrons. The van der Waals surface area contributed by atoms with Crippen LogP contribution in [0.5, 0.6) is 0 Å². The van der Waals surface area contributed by atoms with Crippen LogP contribution in [0.3, 0.4) is 0 Å². The second-order valence-electron chi connectivity index (χ2n) is 3.02. The highest BCUT2D eigenvalue weighted by atomic mass is 19.4. The topological polar surface area (TPSA) is 26.0 Å². The summed E-state index contributed by atoms with van der Waals surface area (Å²) in [6.07, 6.45) is -4.46. The number of hydrogen-bond donors (Lipinski definition) is 1. The predicted octanol–water partition coefficient (Wildman–Crippen LogP) is 2.86. The standard InChI is InChI=1S/C9H9F4N/c1-5(14)7-4-6(9(11,12)13)2-3-8(7)10/h2-5H,14H2,1H3/t5-/m0/s1. The van der Waals surface area contributed by atoms with Crippen LogP contribution in [-0.4, -0.2) is 0 Å². The van der Waals surface area contributed by atoms with Gasteiger partial charge >= 0.3 is 6.18 Å². The Morgan fingerprint density at radius 2 is 1.86 bits per heavy atom. The number of hydrogen-bond acceptors (Lipinski definition) is 1. The van der Waals surface area contributed by atoms with E-state index >= 15 is 0 Å². The fraction of sp³-hybridized carbons (Fsp3) is 0.333. The Hall–Kier alpha value is -1.10. The molecule has 5 heteroatoms. The molecule has 0 aliphatic heterocycles. The smallest absolute Gasteiger partial charge is 0.324 e. The van der Waals surface area contributed by atoms with Gasteiger partial charge in [-0.15, -0.1) is 0 Å². The molecule has 0 fully saturated rings. The van der Waals surface area contributed by atoms with E-state index in [0.29, 0.717) is 6.07 Å². The summed E-state index contributed by atoms with van der Waals surface area (Å²) in [6, 6.07) is 1.46. The highest BCUT2D eigenvalue weighted by Gasteiger charge is 2.31.